The first kappa shape index (κ1) is 19.6. The van der Waals surface area contributed by atoms with E-state index in [1.165, 1.54) is 16.4 Å². The van der Waals surface area contributed by atoms with E-state index in [0.717, 1.165) is 0 Å². The van der Waals surface area contributed by atoms with Crippen LogP contribution in [-0.4, -0.2) is 54.4 Å². The van der Waals surface area contributed by atoms with Crippen LogP contribution in [0.15, 0.2) is 41.6 Å². The molecule has 1 aromatic carbocycles. The third kappa shape index (κ3) is 3.21. The zero-order valence-electron chi connectivity index (χ0n) is 15.9. The van der Waals surface area contributed by atoms with Crippen LogP contribution in [-0.2, 0) is 31.7 Å². The van der Waals surface area contributed by atoms with Gasteiger partial charge < -0.3 is 14.6 Å². The SMILES string of the molecule is CNC(=O)C1Cn2ccnc2C2(CCN(S(=O)(=O)c3ccccc3C#N)CC2)O1. The molecule has 0 saturated carbocycles. The third-order valence-corrected chi connectivity index (χ3v) is 7.50. The number of piperidine rings is 1. The summed E-state index contributed by atoms with van der Waals surface area (Å²) in [4.78, 5) is 16.6. The van der Waals surface area contributed by atoms with E-state index in [0.29, 0.717) is 25.2 Å². The van der Waals surface area contributed by atoms with Crippen molar-refractivity contribution in [1.82, 2.24) is 19.2 Å². The van der Waals surface area contributed by atoms with E-state index >= 15 is 0 Å². The maximum Gasteiger partial charge on any atom is 0.250 e. The van der Waals surface area contributed by atoms with Gasteiger partial charge in [0.05, 0.1) is 17.0 Å². The average Bonchev–Trinajstić information content (AvgIpc) is 3.23. The van der Waals surface area contributed by atoms with Crippen LogP contribution in [0.3, 0.4) is 0 Å². The number of aromatic nitrogens is 2. The number of fused-ring (bicyclic) bond motifs is 2. The Morgan fingerprint density at radius 3 is 2.76 bits per heavy atom. The Hall–Kier alpha value is -2.74. The van der Waals surface area contributed by atoms with Crippen LogP contribution in [0.4, 0.5) is 0 Å². The number of benzene rings is 1. The quantitative estimate of drug-likeness (QED) is 0.784. The maximum absolute atomic E-state index is 13.1. The first-order valence-corrected chi connectivity index (χ1v) is 10.8. The lowest BCUT2D eigenvalue weighted by molar-refractivity contribution is -0.170. The highest BCUT2D eigenvalue weighted by Crippen LogP contribution is 2.41. The number of sulfonamides is 1. The van der Waals surface area contributed by atoms with Crippen LogP contribution >= 0.6 is 0 Å². The van der Waals surface area contributed by atoms with Gasteiger partial charge in [0.25, 0.3) is 5.91 Å². The van der Waals surface area contributed by atoms with Crippen molar-refractivity contribution in [2.45, 2.75) is 36.0 Å². The molecule has 29 heavy (non-hydrogen) atoms. The fourth-order valence-electron chi connectivity index (χ4n) is 4.05. The Bertz CT molecular complexity index is 1080. The Labute approximate surface area is 169 Å². The van der Waals surface area contributed by atoms with E-state index in [2.05, 4.69) is 10.3 Å². The molecule has 1 saturated heterocycles. The second kappa shape index (κ2) is 7.26. The number of amides is 1. The summed E-state index contributed by atoms with van der Waals surface area (Å²) in [6, 6.07) is 8.13. The van der Waals surface area contributed by atoms with Crippen LogP contribution in [0.5, 0.6) is 0 Å². The second-order valence-corrected chi connectivity index (χ2v) is 9.04. The number of imidazole rings is 1. The highest BCUT2D eigenvalue weighted by atomic mass is 32.2. The zero-order valence-corrected chi connectivity index (χ0v) is 16.7. The van der Waals surface area contributed by atoms with Crippen LogP contribution in [0.2, 0.25) is 0 Å². The molecule has 1 fully saturated rings. The zero-order chi connectivity index (χ0) is 20.6. The minimum absolute atomic E-state index is 0.00718. The van der Waals surface area contributed by atoms with Crippen LogP contribution in [0, 0.1) is 11.3 Å². The van der Waals surface area contributed by atoms with Gasteiger partial charge in [-0.2, -0.15) is 9.57 Å². The lowest BCUT2D eigenvalue weighted by Crippen LogP contribution is -2.54. The van der Waals surface area contributed by atoms with Gasteiger partial charge in [-0.1, -0.05) is 12.1 Å². The van der Waals surface area contributed by atoms with Gasteiger partial charge >= 0.3 is 0 Å². The summed E-state index contributed by atoms with van der Waals surface area (Å²) in [5, 5.41) is 11.9. The number of rotatable bonds is 3. The number of hydrogen-bond acceptors (Lipinski definition) is 6. The van der Waals surface area contributed by atoms with Crippen LogP contribution in [0.1, 0.15) is 24.2 Å². The molecule has 1 unspecified atom stereocenters. The molecule has 10 heteroatoms. The van der Waals surface area contributed by atoms with Gasteiger partial charge in [0, 0.05) is 32.5 Å². The number of nitriles is 1. The van der Waals surface area contributed by atoms with Crippen LogP contribution < -0.4 is 5.32 Å². The van der Waals surface area contributed by atoms with E-state index in [1.807, 2.05) is 16.8 Å². The molecule has 4 rings (SSSR count). The van der Waals surface area contributed by atoms with Gasteiger partial charge in [-0.05, 0) is 25.0 Å². The molecule has 3 heterocycles. The number of nitrogens with one attached hydrogen (secondary N) is 1. The molecule has 1 aromatic heterocycles. The average molecular weight is 415 g/mol. The molecule has 2 aliphatic rings. The maximum atomic E-state index is 13.1. The van der Waals surface area contributed by atoms with Crippen molar-refractivity contribution in [2.75, 3.05) is 20.1 Å². The summed E-state index contributed by atoms with van der Waals surface area (Å²) < 4.78 is 35.7. The summed E-state index contributed by atoms with van der Waals surface area (Å²) in [5.74, 6) is 0.494. The lowest BCUT2D eigenvalue weighted by Gasteiger charge is -2.45. The molecule has 2 aliphatic heterocycles. The first-order valence-electron chi connectivity index (χ1n) is 9.31. The van der Waals surface area contributed by atoms with Gasteiger partial charge in [-0.25, -0.2) is 13.4 Å². The summed E-state index contributed by atoms with van der Waals surface area (Å²) in [6.45, 7) is 0.777. The number of carbonyl (C=O) groups is 1. The van der Waals surface area contributed by atoms with Crippen molar-refractivity contribution in [3.8, 4) is 6.07 Å². The molecule has 1 N–H and O–H groups in total. The van der Waals surface area contributed by atoms with Crippen LogP contribution in [0.25, 0.3) is 0 Å². The summed E-state index contributed by atoms with van der Waals surface area (Å²) in [5.41, 5.74) is -0.698. The number of carbonyl (C=O) groups excluding carboxylic acids is 1. The van der Waals surface area contributed by atoms with E-state index < -0.39 is 21.7 Å². The summed E-state index contributed by atoms with van der Waals surface area (Å²) >= 11 is 0. The molecule has 2 aromatic rings. The standard InChI is InChI=1S/C19H21N5O4S/c1-21-17(25)15-13-23-11-8-22-18(23)19(28-15)6-9-24(10-7-19)29(26,27)16-5-3-2-4-14(16)12-20/h2-5,8,11,15H,6-7,9-10,13H2,1H3,(H,21,25). The predicted octanol–water partition coefficient (Wildman–Crippen LogP) is 0.580. The summed E-state index contributed by atoms with van der Waals surface area (Å²) in [6.07, 6.45) is 3.54. The van der Waals surface area contributed by atoms with E-state index in [-0.39, 0.29) is 29.5 Å². The largest absolute Gasteiger partial charge is 0.357 e. The summed E-state index contributed by atoms with van der Waals surface area (Å²) in [7, 11) is -2.25. The van der Waals surface area contributed by atoms with Crippen molar-refractivity contribution in [3.05, 3.63) is 48.0 Å². The molecule has 0 radical (unpaired) electrons. The third-order valence-electron chi connectivity index (χ3n) is 5.55. The molecule has 152 valence electrons. The van der Waals surface area contributed by atoms with Gasteiger partial charge in [0.1, 0.15) is 17.5 Å². The topological polar surface area (TPSA) is 117 Å². The van der Waals surface area contributed by atoms with Gasteiger partial charge in [0.2, 0.25) is 10.0 Å². The van der Waals surface area contributed by atoms with Gasteiger partial charge in [-0.3, -0.25) is 4.79 Å². The molecule has 0 aliphatic carbocycles. The fraction of sp³-hybridized carbons (Fsp3) is 0.421. The Morgan fingerprint density at radius 1 is 1.34 bits per heavy atom. The predicted molar refractivity (Wildman–Crippen MR) is 102 cm³/mol. The van der Waals surface area contributed by atoms with Gasteiger partial charge in [-0.15, -0.1) is 0 Å². The number of nitrogens with zero attached hydrogens (tertiary/aromatic N) is 4. The van der Waals surface area contributed by atoms with Crippen molar-refractivity contribution in [3.63, 3.8) is 0 Å². The lowest BCUT2D eigenvalue weighted by atomic mass is 9.89. The van der Waals surface area contributed by atoms with Gasteiger partial charge in [0.15, 0.2) is 6.10 Å². The van der Waals surface area contributed by atoms with Crippen molar-refractivity contribution in [1.29, 1.82) is 5.26 Å². The first-order chi connectivity index (χ1) is 13.9. The monoisotopic (exact) mass is 415 g/mol. The molecule has 1 atom stereocenters. The highest BCUT2D eigenvalue weighted by Gasteiger charge is 2.48. The molecular weight excluding hydrogens is 394 g/mol. The number of ether oxygens (including phenoxy) is 1. The van der Waals surface area contributed by atoms with E-state index in [9.17, 15) is 18.5 Å². The Morgan fingerprint density at radius 2 is 2.07 bits per heavy atom. The van der Waals surface area contributed by atoms with E-state index in [4.69, 9.17) is 4.74 Å². The molecule has 1 amide bonds. The van der Waals surface area contributed by atoms with Crippen molar-refractivity contribution in [2.24, 2.45) is 0 Å². The molecule has 1 spiro atoms. The fourth-order valence-corrected chi connectivity index (χ4v) is 5.63. The molecular formula is C19H21N5O4S. The molecule has 0 bridgehead atoms. The minimum atomic E-state index is -3.81. The Kier molecular flexibility index (Phi) is 4.90. The minimum Gasteiger partial charge on any atom is -0.357 e. The second-order valence-electron chi connectivity index (χ2n) is 7.13. The van der Waals surface area contributed by atoms with E-state index in [1.54, 1.807) is 25.4 Å². The smallest absolute Gasteiger partial charge is 0.250 e. The van der Waals surface area contributed by atoms with Crippen molar-refractivity contribution >= 4 is 15.9 Å². The number of likely N-dealkylation sites (N-methyl/N-ethyl adjacent to an activating group) is 1. The normalized spacial score (nSPS) is 21.3. The van der Waals surface area contributed by atoms with Crippen molar-refractivity contribution < 1.29 is 17.9 Å². The molecule has 9 nitrogen and oxygen atoms in total. The Balaban J connectivity index is 1.61. The highest BCUT2D eigenvalue weighted by molar-refractivity contribution is 7.89. The number of hydrogen-bond donors (Lipinski definition) is 1.